The molecule has 0 saturated heterocycles. The number of anilines is 1. The Morgan fingerprint density at radius 2 is 2.33 bits per heavy atom. The van der Waals surface area contributed by atoms with E-state index in [1.807, 2.05) is 0 Å². The summed E-state index contributed by atoms with van der Waals surface area (Å²) in [6.07, 6.45) is 0. The summed E-state index contributed by atoms with van der Waals surface area (Å²) >= 11 is 7.06. The molecule has 1 aromatic heterocycles. The normalized spacial score (nSPS) is 10.3. The van der Waals surface area contributed by atoms with E-state index in [-0.39, 0.29) is 5.02 Å². The van der Waals surface area contributed by atoms with Crippen LogP contribution in [-0.4, -0.2) is 10.2 Å². The van der Waals surface area contributed by atoms with Gasteiger partial charge in [-0.3, -0.25) is 0 Å². The first kappa shape index (κ1) is 10.3. The molecule has 1 heterocycles. The maximum atomic E-state index is 12.8. The molecule has 0 radical (unpaired) electrons. The lowest BCUT2D eigenvalue weighted by atomic mass is 10.2. The zero-order chi connectivity index (χ0) is 10.7. The second-order valence-electron chi connectivity index (χ2n) is 2.85. The molecule has 0 aliphatic rings. The molecule has 1 aromatic carbocycles. The van der Waals surface area contributed by atoms with Gasteiger partial charge in [-0.05, 0) is 17.7 Å². The quantitative estimate of drug-likeness (QED) is 0.901. The molecule has 0 bridgehead atoms. The van der Waals surface area contributed by atoms with Gasteiger partial charge in [0.15, 0.2) is 0 Å². The van der Waals surface area contributed by atoms with Crippen LogP contribution in [0.15, 0.2) is 23.7 Å². The van der Waals surface area contributed by atoms with Crippen molar-refractivity contribution < 1.29 is 4.39 Å². The third kappa shape index (κ3) is 2.64. The first-order chi connectivity index (χ1) is 7.25. The lowest BCUT2D eigenvalue weighted by Crippen LogP contribution is -1.99. The molecule has 0 unspecified atom stereocenters. The lowest BCUT2D eigenvalue weighted by Gasteiger charge is -2.03. The Morgan fingerprint density at radius 1 is 1.47 bits per heavy atom. The number of benzene rings is 1. The van der Waals surface area contributed by atoms with Gasteiger partial charge in [-0.2, -0.15) is 0 Å². The summed E-state index contributed by atoms with van der Waals surface area (Å²) in [5, 5.41) is 11.4. The van der Waals surface area contributed by atoms with E-state index in [1.54, 1.807) is 17.6 Å². The average molecular weight is 244 g/mol. The van der Waals surface area contributed by atoms with E-state index in [2.05, 4.69) is 15.5 Å². The molecule has 0 amide bonds. The van der Waals surface area contributed by atoms with Crippen molar-refractivity contribution in [2.75, 3.05) is 5.32 Å². The summed E-state index contributed by atoms with van der Waals surface area (Å²) in [4.78, 5) is 0. The summed E-state index contributed by atoms with van der Waals surface area (Å²) in [6, 6.07) is 4.61. The standard InChI is InChI=1S/C9H7ClFN3S/c10-7-3-6(1-2-8(7)11)4-12-9-14-13-5-15-9/h1-3,5H,4H2,(H,12,14). The van der Waals surface area contributed by atoms with Gasteiger partial charge in [-0.15, -0.1) is 10.2 Å². The van der Waals surface area contributed by atoms with Crippen LogP contribution < -0.4 is 5.32 Å². The van der Waals surface area contributed by atoms with Gasteiger partial charge >= 0.3 is 0 Å². The fourth-order valence-electron chi connectivity index (χ4n) is 1.08. The molecule has 2 aromatic rings. The monoisotopic (exact) mass is 243 g/mol. The van der Waals surface area contributed by atoms with Crippen LogP contribution in [0.1, 0.15) is 5.56 Å². The van der Waals surface area contributed by atoms with Crippen molar-refractivity contribution in [1.29, 1.82) is 0 Å². The number of rotatable bonds is 3. The van der Waals surface area contributed by atoms with Crippen LogP contribution >= 0.6 is 22.9 Å². The number of aromatic nitrogens is 2. The van der Waals surface area contributed by atoms with Crippen LogP contribution in [0.25, 0.3) is 0 Å². The minimum atomic E-state index is -0.406. The van der Waals surface area contributed by atoms with E-state index in [9.17, 15) is 4.39 Å². The number of hydrogen-bond donors (Lipinski definition) is 1. The average Bonchev–Trinajstić information content (AvgIpc) is 2.73. The van der Waals surface area contributed by atoms with Crippen molar-refractivity contribution >= 4 is 28.1 Å². The van der Waals surface area contributed by atoms with Crippen molar-refractivity contribution in [3.63, 3.8) is 0 Å². The molecular weight excluding hydrogens is 237 g/mol. The van der Waals surface area contributed by atoms with E-state index in [1.165, 1.54) is 17.4 Å². The van der Waals surface area contributed by atoms with Gasteiger partial charge in [-0.25, -0.2) is 4.39 Å². The molecule has 2 rings (SSSR count). The molecule has 6 heteroatoms. The molecule has 0 saturated carbocycles. The van der Waals surface area contributed by atoms with Crippen LogP contribution in [0.3, 0.4) is 0 Å². The fourth-order valence-corrected chi connectivity index (χ4v) is 1.72. The smallest absolute Gasteiger partial charge is 0.205 e. The highest BCUT2D eigenvalue weighted by Gasteiger charge is 2.01. The highest BCUT2D eigenvalue weighted by Crippen LogP contribution is 2.17. The van der Waals surface area contributed by atoms with Gasteiger partial charge < -0.3 is 5.32 Å². The van der Waals surface area contributed by atoms with Crippen LogP contribution in [0, 0.1) is 5.82 Å². The second-order valence-corrected chi connectivity index (χ2v) is 4.09. The van der Waals surface area contributed by atoms with Gasteiger partial charge in [0.25, 0.3) is 0 Å². The first-order valence-electron chi connectivity index (χ1n) is 4.19. The molecule has 0 atom stereocenters. The Kier molecular flexibility index (Phi) is 3.13. The largest absolute Gasteiger partial charge is 0.356 e. The molecule has 0 fully saturated rings. The topological polar surface area (TPSA) is 37.8 Å². The number of nitrogens with zero attached hydrogens (tertiary/aromatic N) is 2. The van der Waals surface area contributed by atoms with Crippen molar-refractivity contribution in [3.05, 3.63) is 40.1 Å². The van der Waals surface area contributed by atoms with Crippen LogP contribution in [0.5, 0.6) is 0 Å². The molecule has 3 nitrogen and oxygen atoms in total. The van der Waals surface area contributed by atoms with Gasteiger partial charge in [0, 0.05) is 6.54 Å². The Balaban J connectivity index is 2.02. The third-order valence-corrected chi connectivity index (χ3v) is 2.73. The third-order valence-electron chi connectivity index (χ3n) is 1.79. The van der Waals surface area contributed by atoms with Gasteiger partial charge in [0.05, 0.1) is 5.02 Å². The summed E-state index contributed by atoms with van der Waals surface area (Å²) < 4.78 is 12.8. The van der Waals surface area contributed by atoms with Gasteiger partial charge in [0.1, 0.15) is 11.3 Å². The van der Waals surface area contributed by atoms with Gasteiger partial charge in [0.2, 0.25) is 5.13 Å². The summed E-state index contributed by atoms with van der Waals surface area (Å²) in [5.41, 5.74) is 2.54. The second kappa shape index (κ2) is 4.55. The maximum Gasteiger partial charge on any atom is 0.205 e. The molecule has 15 heavy (non-hydrogen) atoms. The zero-order valence-corrected chi connectivity index (χ0v) is 9.15. The highest BCUT2D eigenvalue weighted by atomic mass is 35.5. The molecular formula is C9H7ClFN3S. The van der Waals surface area contributed by atoms with E-state index in [0.29, 0.717) is 6.54 Å². The highest BCUT2D eigenvalue weighted by molar-refractivity contribution is 7.13. The zero-order valence-electron chi connectivity index (χ0n) is 7.58. The van der Waals surface area contributed by atoms with Crippen LogP contribution in [0.2, 0.25) is 5.02 Å². The van der Waals surface area contributed by atoms with Crippen LogP contribution in [-0.2, 0) is 6.54 Å². The fraction of sp³-hybridized carbons (Fsp3) is 0.111. The Labute approximate surface area is 94.9 Å². The van der Waals surface area contributed by atoms with Crippen LogP contribution in [0.4, 0.5) is 9.52 Å². The predicted molar refractivity (Wildman–Crippen MR) is 58.6 cm³/mol. The molecule has 0 aliphatic heterocycles. The Hall–Kier alpha value is -1.20. The van der Waals surface area contributed by atoms with E-state index in [4.69, 9.17) is 11.6 Å². The molecule has 1 N–H and O–H groups in total. The minimum Gasteiger partial charge on any atom is -0.356 e. The van der Waals surface area contributed by atoms with Crippen molar-refractivity contribution in [2.45, 2.75) is 6.54 Å². The first-order valence-corrected chi connectivity index (χ1v) is 5.45. The number of nitrogens with one attached hydrogen (secondary N) is 1. The lowest BCUT2D eigenvalue weighted by molar-refractivity contribution is 0.627. The Bertz CT molecular complexity index is 447. The minimum absolute atomic E-state index is 0.131. The summed E-state index contributed by atoms with van der Waals surface area (Å²) in [5.74, 6) is -0.406. The molecule has 78 valence electrons. The molecule has 0 spiro atoms. The van der Waals surface area contributed by atoms with Gasteiger partial charge in [-0.1, -0.05) is 29.0 Å². The Morgan fingerprint density at radius 3 is 3.00 bits per heavy atom. The molecule has 0 aliphatic carbocycles. The van der Waals surface area contributed by atoms with E-state index >= 15 is 0 Å². The SMILES string of the molecule is Fc1ccc(CNc2nncs2)cc1Cl. The number of hydrogen-bond acceptors (Lipinski definition) is 4. The van der Waals surface area contributed by atoms with Crippen molar-refractivity contribution in [3.8, 4) is 0 Å². The summed E-state index contributed by atoms with van der Waals surface area (Å²) in [7, 11) is 0. The summed E-state index contributed by atoms with van der Waals surface area (Å²) in [6.45, 7) is 0.551. The number of halogens is 2. The van der Waals surface area contributed by atoms with Crippen molar-refractivity contribution in [1.82, 2.24) is 10.2 Å². The van der Waals surface area contributed by atoms with E-state index in [0.717, 1.165) is 10.7 Å². The maximum absolute atomic E-state index is 12.8. The van der Waals surface area contributed by atoms with E-state index < -0.39 is 5.82 Å². The van der Waals surface area contributed by atoms with Crippen molar-refractivity contribution in [2.24, 2.45) is 0 Å². The predicted octanol–water partition coefficient (Wildman–Crippen LogP) is 2.94.